The molecule has 17 heavy (non-hydrogen) atoms. The minimum Gasteiger partial charge on any atom is -0.481 e. The summed E-state index contributed by atoms with van der Waals surface area (Å²) < 4.78 is 0. The van der Waals surface area contributed by atoms with Gasteiger partial charge in [0.15, 0.2) is 0 Å². The van der Waals surface area contributed by atoms with E-state index in [0.29, 0.717) is 6.42 Å². The highest BCUT2D eigenvalue weighted by Crippen LogP contribution is 2.13. The molecule has 0 bridgehead atoms. The van der Waals surface area contributed by atoms with Crippen LogP contribution in [0.1, 0.15) is 18.4 Å². The second-order valence-electron chi connectivity index (χ2n) is 4.99. The molecule has 0 saturated carbocycles. The SMILES string of the molecule is C[Si](C)(/C=C/CCC(=O)O)Cc1ccccc1. The number of carboxylic acids is 1. The van der Waals surface area contributed by atoms with Gasteiger partial charge in [0, 0.05) is 6.42 Å². The lowest BCUT2D eigenvalue weighted by molar-refractivity contribution is -0.136. The number of carboxylic acid groups (broad SMARTS) is 1. The van der Waals surface area contributed by atoms with Crippen molar-refractivity contribution in [2.24, 2.45) is 0 Å². The molecule has 0 aliphatic rings. The topological polar surface area (TPSA) is 37.3 Å². The van der Waals surface area contributed by atoms with E-state index in [4.69, 9.17) is 5.11 Å². The molecule has 1 aromatic carbocycles. The fourth-order valence-electron chi connectivity index (χ4n) is 1.79. The molecule has 0 fully saturated rings. The zero-order valence-corrected chi connectivity index (χ0v) is 11.5. The van der Waals surface area contributed by atoms with Gasteiger partial charge in [-0.25, -0.2) is 0 Å². The molecular weight excluding hydrogens is 228 g/mol. The maximum absolute atomic E-state index is 10.4. The van der Waals surface area contributed by atoms with E-state index in [-0.39, 0.29) is 6.42 Å². The Morgan fingerprint density at radius 3 is 2.53 bits per heavy atom. The van der Waals surface area contributed by atoms with Gasteiger partial charge >= 0.3 is 5.97 Å². The van der Waals surface area contributed by atoms with Crippen LogP contribution in [0.15, 0.2) is 42.1 Å². The molecule has 0 saturated heterocycles. The van der Waals surface area contributed by atoms with Gasteiger partial charge in [-0.15, -0.1) is 0 Å². The van der Waals surface area contributed by atoms with Crippen LogP contribution in [-0.2, 0) is 10.8 Å². The van der Waals surface area contributed by atoms with Crippen LogP contribution in [0.2, 0.25) is 13.1 Å². The first-order chi connectivity index (χ1) is 7.99. The summed E-state index contributed by atoms with van der Waals surface area (Å²) in [4.78, 5) is 10.4. The van der Waals surface area contributed by atoms with E-state index in [1.165, 1.54) is 5.56 Å². The largest absolute Gasteiger partial charge is 0.481 e. The van der Waals surface area contributed by atoms with E-state index >= 15 is 0 Å². The van der Waals surface area contributed by atoms with Crippen molar-refractivity contribution in [2.45, 2.75) is 32.0 Å². The van der Waals surface area contributed by atoms with E-state index in [1.54, 1.807) is 0 Å². The average molecular weight is 248 g/mol. The first-order valence-corrected chi connectivity index (χ1v) is 9.21. The molecule has 1 aromatic rings. The van der Waals surface area contributed by atoms with Crippen LogP contribution >= 0.6 is 0 Å². The summed E-state index contributed by atoms with van der Waals surface area (Å²) in [6.07, 6.45) is 2.90. The minimum atomic E-state index is -1.39. The van der Waals surface area contributed by atoms with E-state index in [0.717, 1.165) is 6.04 Å². The zero-order chi connectivity index (χ0) is 12.7. The van der Waals surface area contributed by atoms with Crippen LogP contribution in [-0.4, -0.2) is 19.1 Å². The Bertz CT molecular complexity index is 382. The van der Waals surface area contributed by atoms with Gasteiger partial charge in [0.2, 0.25) is 0 Å². The van der Waals surface area contributed by atoms with Crippen LogP contribution in [0.3, 0.4) is 0 Å². The van der Waals surface area contributed by atoms with E-state index in [9.17, 15) is 4.79 Å². The maximum Gasteiger partial charge on any atom is 0.303 e. The predicted octanol–water partition coefficient (Wildman–Crippen LogP) is 3.44. The molecule has 0 aliphatic carbocycles. The summed E-state index contributed by atoms with van der Waals surface area (Å²) in [5, 5.41) is 8.56. The van der Waals surface area contributed by atoms with Gasteiger partial charge in [-0.2, -0.15) is 0 Å². The van der Waals surface area contributed by atoms with Crippen molar-refractivity contribution in [1.29, 1.82) is 0 Å². The van der Waals surface area contributed by atoms with Gasteiger partial charge in [0.25, 0.3) is 0 Å². The van der Waals surface area contributed by atoms with Gasteiger partial charge in [-0.05, 0) is 12.5 Å². The summed E-state index contributed by atoms with van der Waals surface area (Å²) in [5.41, 5.74) is 3.62. The number of allylic oxidation sites excluding steroid dienone is 1. The Hall–Kier alpha value is -1.35. The Morgan fingerprint density at radius 2 is 1.94 bits per heavy atom. The lowest BCUT2D eigenvalue weighted by atomic mass is 10.2. The van der Waals surface area contributed by atoms with Crippen LogP contribution in [0.5, 0.6) is 0 Å². The van der Waals surface area contributed by atoms with Crippen molar-refractivity contribution in [3.05, 3.63) is 47.7 Å². The highest BCUT2D eigenvalue weighted by molar-refractivity contribution is 6.81. The molecule has 0 spiro atoms. The molecule has 1 N–H and O–H groups in total. The molecule has 1 rings (SSSR count). The highest BCUT2D eigenvalue weighted by atomic mass is 28.3. The number of rotatable bonds is 6. The summed E-state index contributed by atoms with van der Waals surface area (Å²) in [6, 6.07) is 11.6. The number of hydrogen-bond donors (Lipinski definition) is 1. The predicted molar refractivity (Wildman–Crippen MR) is 73.6 cm³/mol. The van der Waals surface area contributed by atoms with Gasteiger partial charge in [0.05, 0.1) is 8.07 Å². The van der Waals surface area contributed by atoms with Crippen LogP contribution in [0.4, 0.5) is 0 Å². The fraction of sp³-hybridized carbons (Fsp3) is 0.357. The molecule has 0 amide bonds. The molecule has 3 heteroatoms. The van der Waals surface area contributed by atoms with Gasteiger partial charge in [-0.1, -0.05) is 60.8 Å². The van der Waals surface area contributed by atoms with Crippen molar-refractivity contribution in [2.75, 3.05) is 0 Å². The Balaban J connectivity index is 2.48. The van der Waals surface area contributed by atoms with Gasteiger partial charge in [0.1, 0.15) is 0 Å². The Labute approximate surface area is 104 Å². The summed E-state index contributed by atoms with van der Waals surface area (Å²) in [7, 11) is -1.39. The van der Waals surface area contributed by atoms with Crippen molar-refractivity contribution >= 4 is 14.0 Å². The van der Waals surface area contributed by atoms with Crippen LogP contribution in [0.25, 0.3) is 0 Å². The van der Waals surface area contributed by atoms with Crippen LogP contribution < -0.4 is 0 Å². The van der Waals surface area contributed by atoms with E-state index < -0.39 is 14.0 Å². The number of hydrogen-bond acceptors (Lipinski definition) is 1. The maximum atomic E-state index is 10.4. The second kappa shape index (κ2) is 6.40. The molecule has 92 valence electrons. The molecule has 0 aliphatic heterocycles. The second-order valence-corrected chi connectivity index (χ2v) is 9.65. The lowest BCUT2D eigenvalue weighted by Gasteiger charge is -2.17. The first-order valence-electron chi connectivity index (χ1n) is 5.93. The fourth-order valence-corrected chi connectivity index (χ4v) is 4.00. The van der Waals surface area contributed by atoms with E-state index in [2.05, 4.69) is 43.1 Å². The monoisotopic (exact) mass is 248 g/mol. The summed E-state index contributed by atoms with van der Waals surface area (Å²) in [6.45, 7) is 4.61. The first kappa shape index (κ1) is 13.7. The normalized spacial score (nSPS) is 11.9. The van der Waals surface area contributed by atoms with Gasteiger partial charge < -0.3 is 5.11 Å². The lowest BCUT2D eigenvalue weighted by Crippen LogP contribution is -2.26. The van der Waals surface area contributed by atoms with Crippen molar-refractivity contribution in [3.63, 3.8) is 0 Å². The molecule has 0 atom stereocenters. The zero-order valence-electron chi connectivity index (χ0n) is 10.5. The third-order valence-electron chi connectivity index (χ3n) is 2.60. The van der Waals surface area contributed by atoms with Crippen molar-refractivity contribution in [3.8, 4) is 0 Å². The van der Waals surface area contributed by atoms with E-state index in [1.807, 2.05) is 12.1 Å². The van der Waals surface area contributed by atoms with Crippen molar-refractivity contribution in [1.82, 2.24) is 0 Å². The smallest absolute Gasteiger partial charge is 0.303 e. The number of aliphatic carboxylic acids is 1. The summed E-state index contributed by atoms with van der Waals surface area (Å²) >= 11 is 0. The number of benzene rings is 1. The molecular formula is C14H20O2Si. The standard InChI is InChI=1S/C14H20O2Si/c1-17(2,11-7-6-10-14(15)16)12-13-8-4-3-5-9-13/h3-5,7-9,11H,6,10,12H2,1-2H3,(H,15,16)/b11-7+. The molecule has 0 unspecified atom stereocenters. The third kappa shape index (κ3) is 6.07. The molecule has 0 aromatic heterocycles. The minimum absolute atomic E-state index is 0.228. The number of carbonyl (C=O) groups is 1. The molecule has 0 heterocycles. The van der Waals surface area contributed by atoms with Crippen LogP contribution in [0, 0.1) is 0 Å². The quantitative estimate of drug-likeness (QED) is 0.783. The Morgan fingerprint density at radius 1 is 1.29 bits per heavy atom. The third-order valence-corrected chi connectivity index (χ3v) is 5.05. The highest BCUT2D eigenvalue weighted by Gasteiger charge is 2.16. The summed E-state index contributed by atoms with van der Waals surface area (Å²) in [5.74, 6) is -0.725. The molecule has 0 radical (unpaired) electrons. The molecule has 2 nitrogen and oxygen atoms in total. The average Bonchev–Trinajstić information content (AvgIpc) is 2.25. The van der Waals surface area contributed by atoms with Crippen molar-refractivity contribution < 1.29 is 9.90 Å². The van der Waals surface area contributed by atoms with Gasteiger partial charge in [-0.3, -0.25) is 4.79 Å². The Kier molecular flexibility index (Phi) is 5.16.